The second-order valence-corrected chi connectivity index (χ2v) is 6.68. The lowest BCUT2D eigenvalue weighted by molar-refractivity contribution is 1.21. The number of aryl methyl sites for hydroxylation is 3. The van der Waals surface area contributed by atoms with E-state index in [0.717, 1.165) is 33.8 Å². The van der Waals surface area contributed by atoms with Gasteiger partial charge in [0.25, 0.3) is 0 Å². The Morgan fingerprint density at radius 2 is 1.38 bits per heavy atom. The maximum absolute atomic E-state index is 4.85. The minimum atomic E-state index is 0.731. The zero-order chi connectivity index (χ0) is 18.1. The zero-order valence-electron chi connectivity index (χ0n) is 15.2. The number of aromatic nitrogens is 2. The van der Waals surface area contributed by atoms with Crippen molar-refractivity contribution in [3.05, 3.63) is 83.4 Å². The van der Waals surface area contributed by atoms with Gasteiger partial charge in [-0.2, -0.15) is 0 Å². The number of nitrogens with one attached hydrogen (secondary N) is 1. The standard InChI is InChI=1S/C23H21N3/c1-15-13-16(2)21(17(3)14-15)25-23-19-11-7-8-12-20(19)24-22(26-23)18-9-5-4-6-10-18/h4-14H,1-3H3,(H,24,25,26). The van der Waals surface area contributed by atoms with Crippen LogP contribution in [-0.4, -0.2) is 9.97 Å². The lowest BCUT2D eigenvalue weighted by atomic mass is 10.0. The van der Waals surface area contributed by atoms with Crippen LogP contribution in [-0.2, 0) is 0 Å². The fourth-order valence-corrected chi connectivity index (χ4v) is 3.38. The molecule has 0 amide bonds. The van der Waals surface area contributed by atoms with Crippen molar-refractivity contribution in [3.8, 4) is 11.4 Å². The number of benzene rings is 3. The average Bonchev–Trinajstić information content (AvgIpc) is 2.65. The van der Waals surface area contributed by atoms with E-state index in [0.29, 0.717) is 0 Å². The third kappa shape index (κ3) is 3.04. The molecule has 0 radical (unpaired) electrons. The molecular formula is C23H21N3. The number of hydrogen-bond donors (Lipinski definition) is 1. The molecule has 3 aromatic carbocycles. The molecule has 0 atom stereocenters. The molecule has 0 unspecified atom stereocenters. The summed E-state index contributed by atoms with van der Waals surface area (Å²) in [6.07, 6.45) is 0. The summed E-state index contributed by atoms with van der Waals surface area (Å²) in [5, 5.41) is 4.59. The van der Waals surface area contributed by atoms with Gasteiger partial charge in [0.05, 0.1) is 5.52 Å². The molecule has 4 aromatic rings. The molecule has 3 nitrogen and oxygen atoms in total. The summed E-state index contributed by atoms with van der Waals surface area (Å²) < 4.78 is 0. The molecule has 0 aliphatic rings. The smallest absolute Gasteiger partial charge is 0.162 e. The van der Waals surface area contributed by atoms with E-state index in [1.165, 1.54) is 16.7 Å². The molecule has 0 aliphatic carbocycles. The molecule has 128 valence electrons. The Hall–Kier alpha value is -3.20. The molecule has 0 aliphatic heterocycles. The second-order valence-electron chi connectivity index (χ2n) is 6.68. The topological polar surface area (TPSA) is 37.8 Å². The van der Waals surface area contributed by atoms with Gasteiger partial charge in [-0.15, -0.1) is 0 Å². The lowest BCUT2D eigenvalue weighted by Crippen LogP contribution is -2.02. The van der Waals surface area contributed by atoms with Gasteiger partial charge in [-0.05, 0) is 44.0 Å². The summed E-state index contributed by atoms with van der Waals surface area (Å²) in [4.78, 5) is 9.60. The van der Waals surface area contributed by atoms with Crippen molar-refractivity contribution in [2.24, 2.45) is 0 Å². The Labute approximate surface area is 153 Å². The van der Waals surface area contributed by atoms with Crippen molar-refractivity contribution >= 4 is 22.4 Å². The molecule has 1 aromatic heterocycles. The highest BCUT2D eigenvalue weighted by atomic mass is 15.0. The molecule has 0 saturated heterocycles. The average molecular weight is 339 g/mol. The molecule has 0 saturated carbocycles. The first-order valence-electron chi connectivity index (χ1n) is 8.79. The van der Waals surface area contributed by atoms with E-state index in [-0.39, 0.29) is 0 Å². The molecule has 0 fully saturated rings. The molecule has 26 heavy (non-hydrogen) atoms. The van der Waals surface area contributed by atoms with Gasteiger partial charge in [0, 0.05) is 16.6 Å². The van der Waals surface area contributed by atoms with Crippen LogP contribution in [0.5, 0.6) is 0 Å². The number of fused-ring (bicyclic) bond motifs is 1. The molecule has 1 heterocycles. The van der Waals surface area contributed by atoms with E-state index in [2.05, 4.69) is 44.3 Å². The number of rotatable bonds is 3. The maximum atomic E-state index is 4.85. The Morgan fingerprint density at radius 1 is 0.731 bits per heavy atom. The van der Waals surface area contributed by atoms with Gasteiger partial charge in [-0.25, -0.2) is 9.97 Å². The van der Waals surface area contributed by atoms with Crippen molar-refractivity contribution < 1.29 is 0 Å². The van der Waals surface area contributed by atoms with E-state index in [1.807, 2.05) is 48.5 Å². The molecule has 0 bridgehead atoms. The minimum Gasteiger partial charge on any atom is -0.339 e. The summed E-state index contributed by atoms with van der Waals surface area (Å²) >= 11 is 0. The fourth-order valence-electron chi connectivity index (χ4n) is 3.38. The van der Waals surface area contributed by atoms with Crippen molar-refractivity contribution in [1.82, 2.24) is 9.97 Å². The largest absolute Gasteiger partial charge is 0.339 e. The quantitative estimate of drug-likeness (QED) is 0.500. The maximum Gasteiger partial charge on any atom is 0.162 e. The molecule has 1 N–H and O–H groups in total. The van der Waals surface area contributed by atoms with Gasteiger partial charge in [-0.3, -0.25) is 0 Å². The SMILES string of the molecule is Cc1cc(C)c(Nc2nc(-c3ccccc3)nc3ccccc23)c(C)c1. The van der Waals surface area contributed by atoms with Gasteiger partial charge in [0.2, 0.25) is 0 Å². The van der Waals surface area contributed by atoms with Crippen molar-refractivity contribution in [1.29, 1.82) is 0 Å². The summed E-state index contributed by atoms with van der Waals surface area (Å²) in [5.74, 6) is 1.57. The van der Waals surface area contributed by atoms with E-state index in [9.17, 15) is 0 Å². The van der Waals surface area contributed by atoms with Gasteiger partial charge < -0.3 is 5.32 Å². The third-order valence-electron chi connectivity index (χ3n) is 4.56. The monoisotopic (exact) mass is 339 g/mol. The highest BCUT2D eigenvalue weighted by molar-refractivity contribution is 5.92. The third-order valence-corrected chi connectivity index (χ3v) is 4.56. The second kappa shape index (κ2) is 6.60. The summed E-state index contributed by atoms with van der Waals surface area (Å²) in [7, 11) is 0. The van der Waals surface area contributed by atoms with Crippen molar-refractivity contribution in [2.75, 3.05) is 5.32 Å². The van der Waals surface area contributed by atoms with E-state index < -0.39 is 0 Å². The van der Waals surface area contributed by atoms with E-state index in [4.69, 9.17) is 9.97 Å². The highest BCUT2D eigenvalue weighted by Gasteiger charge is 2.11. The Morgan fingerprint density at radius 3 is 2.12 bits per heavy atom. The van der Waals surface area contributed by atoms with Crippen LogP contribution in [0.25, 0.3) is 22.3 Å². The fraction of sp³-hybridized carbons (Fsp3) is 0.130. The predicted molar refractivity (Wildman–Crippen MR) is 109 cm³/mol. The molecule has 4 rings (SSSR count). The van der Waals surface area contributed by atoms with Crippen LogP contribution >= 0.6 is 0 Å². The van der Waals surface area contributed by atoms with Crippen LogP contribution in [0.3, 0.4) is 0 Å². The lowest BCUT2D eigenvalue weighted by Gasteiger charge is -2.15. The first-order valence-corrected chi connectivity index (χ1v) is 8.79. The minimum absolute atomic E-state index is 0.731. The highest BCUT2D eigenvalue weighted by Crippen LogP contribution is 2.30. The van der Waals surface area contributed by atoms with Crippen LogP contribution < -0.4 is 5.32 Å². The first kappa shape index (κ1) is 16.3. The van der Waals surface area contributed by atoms with E-state index >= 15 is 0 Å². The number of nitrogens with zero attached hydrogens (tertiary/aromatic N) is 2. The Bertz CT molecular complexity index is 1060. The number of anilines is 2. The zero-order valence-corrected chi connectivity index (χ0v) is 15.2. The van der Waals surface area contributed by atoms with Gasteiger partial charge >= 0.3 is 0 Å². The van der Waals surface area contributed by atoms with Gasteiger partial charge in [0.1, 0.15) is 5.82 Å². The predicted octanol–water partition coefficient (Wildman–Crippen LogP) is 5.97. The van der Waals surface area contributed by atoms with Crippen LogP contribution in [0, 0.1) is 20.8 Å². The number of para-hydroxylation sites is 1. The molecule has 3 heteroatoms. The van der Waals surface area contributed by atoms with Crippen LogP contribution in [0.1, 0.15) is 16.7 Å². The van der Waals surface area contributed by atoms with Crippen molar-refractivity contribution in [3.63, 3.8) is 0 Å². The summed E-state index contributed by atoms with van der Waals surface area (Å²) in [6.45, 7) is 6.38. The Kier molecular flexibility index (Phi) is 4.13. The normalized spacial score (nSPS) is 10.9. The van der Waals surface area contributed by atoms with E-state index in [1.54, 1.807) is 0 Å². The van der Waals surface area contributed by atoms with Crippen molar-refractivity contribution in [2.45, 2.75) is 20.8 Å². The van der Waals surface area contributed by atoms with Gasteiger partial charge in [0.15, 0.2) is 5.82 Å². The Balaban J connectivity index is 1.89. The number of hydrogen-bond acceptors (Lipinski definition) is 3. The van der Waals surface area contributed by atoms with Crippen LogP contribution in [0.4, 0.5) is 11.5 Å². The van der Waals surface area contributed by atoms with Crippen LogP contribution in [0.2, 0.25) is 0 Å². The van der Waals surface area contributed by atoms with Gasteiger partial charge in [-0.1, -0.05) is 60.2 Å². The molecular weight excluding hydrogens is 318 g/mol. The summed E-state index contributed by atoms with van der Waals surface area (Å²) in [6, 6.07) is 22.6. The van der Waals surface area contributed by atoms with Crippen LogP contribution in [0.15, 0.2) is 66.7 Å². The first-order chi connectivity index (χ1) is 12.6. The summed E-state index contributed by atoms with van der Waals surface area (Å²) in [5.41, 5.74) is 6.75. The molecule has 0 spiro atoms.